The highest BCUT2D eigenvalue weighted by atomic mass is 16.2. The second kappa shape index (κ2) is 4.59. The maximum absolute atomic E-state index is 11.0. The third-order valence-electron chi connectivity index (χ3n) is 2.40. The topological polar surface area (TPSA) is 61.8 Å². The Bertz CT molecular complexity index is 435. The Hall–Kier alpha value is -2.13. The molecule has 1 fully saturated rings. The van der Waals surface area contributed by atoms with Crippen LogP contribution in [0.1, 0.15) is 12.0 Å². The molecule has 1 saturated heterocycles. The summed E-state index contributed by atoms with van der Waals surface area (Å²) in [5.41, 5.74) is 4.62. The standard InChI is InChI=1S/C11H11N3O2/c15-8-12-7-9-1-3-10(4-2-9)14-6-5-11(16)13-14/h1-4H,5-7H2,(H,13,16). The van der Waals surface area contributed by atoms with Crippen molar-refractivity contribution in [2.24, 2.45) is 4.99 Å². The molecular formula is C11H11N3O2. The van der Waals surface area contributed by atoms with Crippen LogP contribution < -0.4 is 10.4 Å². The van der Waals surface area contributed by atoms with Crippen LogP contribution in [0.25, 0.3) is 0 Å². The Kier molecular flexibility index (Phi) is 2.98. The van der Waals surface area contributed by atoms with Crippen molar-refractivity contribution >= 4 is 17.7 Å². The van der Waals surface area contributed by atoms with E-state index >= 15 is 0 Å². The molecule has 1 heterocycles. The summed E-state index contributed by atoms with van der Waals surface area (Å²) in [6, 6.07) is 7.53. The number of amides is 1. The average molecular weight is 217 g/mol. The van der Waals surface area contributed by atoms with E-state index in [4.69, 9.17) is 0 Å². The fourth-order valence-corrected chi connectivity index (χ4v) is 1.57. The Morgan fingerprint density at radius 3 is 2.69 bits per heavy atom. The normalized spacial score (nSPS) is 14.5. The van der Waals surface area contributed by atoms with Crippen molar-refractivity contribution in [2.45, 2.75) is 13.0 Å². The second-order valence-electron chi connectivity index (χ2n) is 3.51. The molecule has 82 valence electrons. The number of nitrogens with one attached hydrogen (secondary N) is 1. The molecular weight excluding hydrogens is 206 g/mol. The zero-order chi connectivity index (χ0) is 11.4. The fourth-order valence-electron chi connectivity index (χ4n) is 1.57. The summed E-state index contributed by atoms with van der Waals surface area (Å²) in [6.45, 7) is 1.03. The number of hydrogen-bond donors (Lipinski definition) is 1. The van der Waals surface area contributed by atoms with E-state index in [2.05, 4.69) is 10.4 Å². The van der Waals surface area contributed by atoms with Gasteiger partial charge in [-0.05, 0) is 17.7 Å². The number of aliphatic imine (C=N–C) groups is 1. The van der Waals surface area contributed by atoms with Crippen LogP contribution in [0, 0.1) is 0 Å². The van der Waals surface area contributed by atoms with Crippen molar-refractivity contribution in [1.29, 1.82) is 0 Å². The predicted molar refractivity (Wildman–Crippen MR) is 58.4 cm³/mol. The van der Waals surface area contributed by atoms with Crippen molar-refractivity contribution in [3.63, 3.8) is 0 Å². The Morgan fingerprint density at radius 1 is 1.38 bits per heavy atom. The number of isocyanates is 1. The SMILES string of the molecule is O=C=NCc1ccc(N2CCC(=O)N2)cc1. The van der Waals surface area contributed by atoms with Crippen LogP contribution in [0.5, 0.6) is 0 Å². The highest BCUT2D eigenvalue weighted by Gasteiger charge is 2.17. The molecule has 0 aromatic heterocycles. The molecule has 0 spiro atoms. The molecule has 0 atom stereocenters. The van der Waals surface area contributed by atoms with E-state index in [1.54, 1.807) is 5.01 Å². The molecule has 1 N–H and O–H groups in total. The van der Waals surface area contributed by atoms with Gasteiger partial charge in [-0.15, -0.1) is 0 Å². The second-order valence-corrected chi connectivity index (χ2v) is 3.51. The fraction of sp³-hybridized carbons (Fsp3) is 0.273. The van der Waals surface area contributed by atoms with Crippen LogP contribution in [0.4, 0.5) is 5.69 Å². The number of anilines is 1. The number of rotatable bonds is 3. The van der Waals surface area contributed by atoms with Gasteiger partial charge < -0.3 is 0 Å². The number of benzene rings is 1. The van der Waals surface area contributed by atoms with E-state index in [0.717, 1.165) is 11.3 Å². The van der Waals surface area contributed by atoms with Crippen molar-refractivity contribution < 1.29 is 9.59 Å². The van der Waals surface area contributed by atoms with Crippen LogP contribution in [0.3, 0.4) is 0 Å². The summed E-state index contributed by atoms with van der Waals surface area (Å²) in [5, 5.41) is 1.80. The molecule has 16 heavy (non-hydrogen) atoms. The highest BCUT2D eigenvalue weighted by Crippen LogP contribution is 2.16. The van der Waals surface area contributed by atoms with Gasteiger partial charge in [-0.2, -0.15) is 0 Å². The molecule has 1 aromatic carbocycles. The van der Waals surface area contributed by atoms with E-state index < -0.39 is 0 Å². The van der Waals surface area contributed by atoms with Crippen LogP contribution in [-0.4, -0.2) is 18.5 Å². The van der Waals surface area contributed by atoms with Gasteiger partial charge in [0.15, 0.2) is 0 Å². The van der Waals surface area contributed by atoms with Crippen LogP contribution in [0.2, 0.25) is 0 Å². The molecule has 1 aliphatic heterocycles. The zero-order valence-electron chi connectivity index (χ0n) is 8.64. The minimum atomic E-state index is 0.0367. The van der Waals surface area contributed by atoms with E-state index in [9.17, 15) is 9.59 Å². The number of hydrogen-bond acceptors (Lipinski definition) is 4. The van der Waals surface area contributed by atoms with E-state index in [1.165, 1.54) is 6.08 Å². The van der Waals surface area contributed by atoms with Crippen LogP contribution in [0.15, 0.2) is 29.3 Å². The van der Waals surface area contributed by atoms with E-state index in [1.807, 2.05) is 24.3 Å². The number of hydrazine groups is 1. The van der Waals surface area contributed by atoms with Gasteiger partial charge in [0, 0.05) is 13.0 Å². The maximum atomic E-state index is 11.0. The third-order valence-corrected chi connectivity index (χ3v) is 2.40. The molecule has 0 radical (unpaired) electrons. The van der Waals surface area contributed by atoms with Gasteiger partial charge in [-0.1, -0.05) is 12.1 Å². The first-order chi connectivity index (χ1) is 7.79. The minimum Gasteiger partial charge on any atom is -0.285 e. The van der Waals surface area contributed by atoms with Gasteiger partial charge in [-0.25, -0.2) is 9.79 Å². The molecule has 0 bridgehead atoms. The molecule has 0 aliphatic carbocycles. The molecule has 2 rings (SSSR count). The summed E-state index contributed by atoms with van der Waals surface area (Å²) in [4.78, 5) is 24.5. The van der Waals surface area contributed by atoms with Gasteiger partial charge in [0.05, 0.1) is 12.2 Å². The molecule has 5 nitrogen and oxygen atoms in total. The molecule has 0 unspecified atom stereocenters. The van der Waals surface area contributed by atoms with E-state index in [-0.39, 0.29) is 5.91 Å². The number of carbonyl (C=O) groups is 1. The number of nitrogens with zero attached hydrogens (tertiary/aromatic N) is 2. The van der Waals surface area contributed by atoms with Crippen LogP contribution >= 0.6 is 0 Å². The lowest BCUT2D eigenvalue weighted by Crippen LogP contribution is -2.32. The molecule has 1 amide bonds. The Labute approximate surface area is 92.7 Å². The lowest BCUT2D eigenvalue weighted by Gasteiger charge is -2.17. The van der Waals surface area contributed by atoms with Crippen LogP contribution in [-0.2, 0) is 16.1 Å². The maximum Gasteiger partial charge on any atom is 0.240 e. The smallest absolute Gasteiger partial charge is 0.240 e. The predicted octanol–water partition coefficient (Wildman–Crippen LogP) is 0.764. The lowest BCUT2D eigenvalue weighted by atomic mass is 10.2. The summed E-state index contributed by atoms with van der Waals surface area (Å²) in [6.07, 6.45) is 2.02. The van der Waals surface area contributed by atoms with Crippen molar-refractivity contribution in [1.82, 2.24) is 5.43 Å². The first-order valence-corrected chi connectivity index (χ1v) is 4.99. The monoisotopic (exact) mass is 217 g/mol. The van der Waals surface area contributed by atoms with Crippen molar-refractivity contribution in [3.8, 4) is 0 Å². The molecule has 5 heteroatoms. The van der Waals surface area contributed by atoms with Gasteiger partial charge in [0.2, 0.25) is 12.0 Å². The molecule has 1 aromatic rings. The average Bonchev–Trinajstić information content (AvgIpc) is 2.74. The number of carbonyl (C=O) groups excluding carboxylic acids is 2. The first kappa shape index (κ1) is 10.4. The lowest BCUT2D eigenvalue weighted by molar-refractivity contribution is -0.119. The van der Waals surface area contributed by atoms with Crippen molar-refractivity contribution in [3.05, 3.63) is 29.8 Å². The van der Waals surface area contributed by atoms with E-state index in [0.29, 0.717) is 19.5 Å². The summed E-state index contributed by atoms with van der Waals surface area (Å²) in [5.74, 6) is 0.0367. The van der Waals surface area contributed by atoms with Crippen molar-refractivity contribution in [2.75, 3.05) is 11.6 Å². The van der Waals surface area contributed by atoms with Gasteiger partial charge in [-0.3, -0.25) is 15.2 Å². The minimum absolute atomic E-state index is 0.0367. The summed E-state index contributed by atoms with van der Waals surface area (Å²) in [7, 11) is 0. The molecule has 0 saturated carbocycles. The van der Waals surface area contributed by atoms with Gasteiger partial charge in [0.1, 0.15) is 0 Å². The molecule has 1 aliphatic rings. The largest absolute Gasteiger partial charge is 0.285 e. The van der Waals surface area contributed by atoms with Gasteiger partial charge in [0.25, 0.3) is 0 Å². The third kappa shape index (κ3) is 2.27. The van der Waals surface area contributed by atoms with Gasteiger partial charge >= 0.3 is 0 Å². The Balaban J connectivity index is 2.07. The zero-order valence-corrected chi connectivity index (χ0v) is 8.64. The summed E-state index contributed by atoms with van der Waals surface area (Å²) < 4.78 is 0. The Morgan fingerprint density at radius 2 is 2.12 bits per heavy atom. The summed E-state index contributed by atoms with van der Waals surface area (Å²) >= 11 is 0. The first-order valence-electron chi connectivity index (χ1n) is 4.99. The quantitative estimate of drug-likeness (QED) is 0.600. The highest BCUT2D eigenvalue weighted by molar-refractivity contribution is 5.81.